The number of pyridine rings is 1. The minimum atomic E-state index is -0.204. The van der Waals surface area contributed by atoms with Crippen molar-refractivity contribution >= 4 is 16.7 Å². The summed E-state index contributed by atoms with van der Waals surface area (Å²) in [6.45, 7) is 13.0. The smallest absolute Gasteiger partial charge is 0.168 e. The number of carbonyl (C=O) groups excluding carboxylic acids is 1. The number of aliphatic hydroxyl groups excluding tert-OH is 1. The molecule has 1 unspecified atom stereocenters. The van der Waals surface area contributed by atoms with Crippen LogP contribution in [-0.2, 0) is 24.9 Å². The number of allylic oxidation sites excluding steroid dienone is 2. The van der Waals surface area contributed by atoms with Crippen LogP contribution in [0, 0.1) is 22.8 Å². The number of Topliss-reactive ketones (excluding diaryl/α,β-unsaturated/α-hetero) is 1. The number of aromatic nitrogens is 1. The molecule has 1 radical (unpaired) electrons. The number of fused-ring (bicyclic) bond motifs is 2. The molecule has 1 atom stereocenters. The predicted molar refractivity (Wildman–Crippen MR) is 163 cm³/mol. The Labute approximate surface area is 255 Å². The molecule has 217 valence electrons. The third-order valence-electron chi connectivity index (χ3n) is 9.91. The van der Waals surface area contributed by atoms with Gasteiger partial charge in [-0.2, -0.15) is 0 Å². The Kier molecular flexibility index (Phi) is 10.9. The summed E-state index contributed by atoms with van der Waals surface area (Å²) in [5, 5.41) is 12.1. The summed E-state index contributed by atoms with van der Waals surface area (Å²) in [7, 11) is 0. The van der Waals surface area contributed by atoms with E-state index in [2.05, 4.69) is 77.9 Å². The molecule has 1 fully saturated rings. The Morgan fingerprint density at radius 2 is 1.55 bits per heavy atom. The molecule has 1 heterocycles. The van der Waals surface area contributed by atoms with Gasteiger partial charge in [-0.1, -0.05) is 65.8 Å². The van der Waals surface area contributed by atoms with E-state index in [9.17, 15) is 9.90 Å². The zero-order valence-corrected chi connectivity index (χ0v) is 27.5. The first-order chi connectivity index (χ1) is 18.8. The average molecular weight is 717 g/mol. The third kappa shape index (κ3) is 6.00. The normalized spacial score (nSPS) is 19.5. The second-order valence-corrected chi connectivity index (χ2v) is 11.9. The van der Waals surface area contributed by atoms with E-state index in [1.54, 1.807) is 0 Å². The molecule has 2 aromatic carbocycles. The first-order valence-corrected chi connectivity index (χ1v) is 15.1. The number of nitrogens with zero attached hydrogens (tertiary/aromatic N) is 1. The second-order valence-electron chi connectivity index (χ2n) is 11.9. The fraction of sp³-hybridized carbons (Fsp3) is 0.500. The Morgan fingerprint density at radius 1 is 0.900 bits per heavy atom. The van der Waals surface area contributed by atoms with Crippen molar-refractivity contribution in [1.82, 2.24) is 4.98 Å². The van der Waals surface area contributed by atoms with Crippen LogP contribution >= 0.6 is 0 Å². The van der Waals surface area contributed by atoms with Crippen molar-refractivity contribution in [2.75, 3.05) is 0 Å². The largest absolute Gasteiger partial charge is 0.511 e. The molecule has 5 rings (SSSR count). The minimum absolute atomic E-state index is 0. The maximum atomic E-state index is 13.1. The van der Waals surface area contributed by atoms with Crippen molar-refractivity contribution in [1.29, 1.82) is 0 Å². The molecule has 0 amide bonds. The summed E-state index contributed by atoms with van der Waals surface area (Å²) in [5.41, 5.74) is 4.91. The number of aliphatic hydroxyl groups is 1. The molecule has 0 spiro atoms. The van der Waals surface area contributed by atoms with Crippen LogP contribution in [0.15, 0.2) is 65.9 Å². The van der Waals surface area contributed by atoms with Crippen LogP contribution in [0.2, 0.25) is 0 Å². The topological polar surface area (TPSA) is 50.2 Å². The van der Waals surface area contributed by atoms with Gasteiger partial charge < -0.3 is 5.11 Å². The van der Waals surface area contributed by atoms with Gasteiger partial charge in [0.05, 0.1) is 5.52 Å². The average Bonchev–Trinajstić information content (AvgIpc) is 2.98. The van der Waals surface area contributed by atoms with Crippen molar-refractivity contribution in [3.05, 3.63) is 77.6 Å². The quantitative estimate of drug-likeness (QED) is 0.259. The molecule has 3 aromatic rings. The Morgan fingerprint density at radius 3 is 2.12 bits per heavy atom. The van der Waals surface area contributed by atoms with Gasteiger partial charge in [0, 0.05) is 41.9 Å². The minimum Gasteiger partial charge on any atom is -0.511 e. The summed E-state index contributed by atoms with van der Waals surface area (Å²) in [4.78, 5) is 17.8. The maximum Gasteiger partial charge on any atom is 0.168 e. The molecular weight excluding hydrogens is 671 g/mol. The summed E-state index contributed by atoms with van der Waals surface area (Å²) in [5.74, 6) is 1.55. The molecule has 0 bridgehead atoms. The summed E-state index contributed by atoms with van der Waals surface area (Å²) in [6.07, 6.45) is 7.87. The number of hydrogen-bond donors (Lipinski definition) is 1. The summed E-state index contributed by atoms with van der Waals surface area (Å²) >= 11 is 0. The summed E-state index contributed by atoms with van der Waals surface area (Å²) in [6, 6.07) is 21.8. The molecule has 1 N–H and O–H groups in total. The molecule has 40 heavy (non-hydrogen) atoms. The molecule has 2 aliphatic carbocycles. The molecule has 1 aromatic heterocycles. The number of rotatable bonds is 6. The number of ketones is 1. The van der Waals surface area contributed by atoms with Crippen LogP contribution in [0.1, 0.15) is 104 Å². The fourth-order valence-electron chi connectivity index (χ4n) is 6.87. The summed E-state index contributed by atoms with van der Waals surface area (Å²) < 4.78 is 0. The Bertz CT molecular complexity index is 1320. The maximum absolute atomic E-state index is 13.1. The van der Waals surface area contributed by atoms with Crippen molar-refractivity contribution in [2.24, 2.45) is 16.7 Å². The van der Waals surface area contributed by atoms with E-state index < -0.39 is 0 Å². The van der Waals surface area contributed by atoms with E-state index in [-0.39, 0.29) is 36.7 Å². The van der Waals surface area contributed by atoms with Gasteiger partial charge in [-0.15, -0.1) is 35.9 Å². The predicted octanol–water partition coefficient (Wildman–Crippen LogP) is 10.0. The van der Waals surface area contributed by atoms with Crippen molar-refractivity contribution in [2.45, 2.75) is 98.8 Å². The van der Waals surface area contributed by atoms with Crippen LogP contribution in [0.25, 0.3) is 22.2 Å². The van der Waals surface area contributed by atoms with Crippen LogP contribution < -0.4 is 0 Å². The van der Waals surface area contributed by atoms with E-state index in [0.717, 1.165) is 73.7 Å². The van der Waals surface area contributed by atoms with Crippen LogP contribution in [0.5, 0.6) is 0 Å². The van der Waals surface area contributed by atoms with E-state index in [1.165, 1.54) is 10.9 Å². The molecule has 0 saturated heterocycles. The molecule has 1 saturated carbocycles. The Balaban J connectivity index is 0.000000215. The van der Waals surface area contributed by atoms with E-state index in [0.29, 0.717) is 17.6 Å². The van der Waals surface area contributed by atoms with Crippen molar-refractivity contribution in [3.63, 3.8) is 0 Å². The molecule has 2 aliphatic rings. The van der Waals surface area contributed by atoms with Crippen molar-refractivity contribution < 1.29 is 30.0 Å². The van der Waals surface area contributed by atoms with E-state index in [4.69, 9.17) is 4.98 Å². The van der Waals surface area contributed by atoms with E-state index in [1.807, 2.05) is 24.3 Å². The van der Waals surface area contributed by atoms with Crippen molar-refractivity contribution in [3.8, 4) is 11.3 Å². The first-order valence-electron chi connectivity index (χ1n) is 15.1. The second kappa shape index (κ2) is 13.6. The van der Waals surface area contributed by atoms with Gasteiger partial charge in [0.15, 0.2) is 5.78 Å². The monoisotopic (exact) mass is 717 g/mol. The fourth-order valence-corrected chi connectivity index (χ4v) is 6.87. The Hall–Kier alpha value is -2.29. The zero-order chi connectivity index (χ0) is 28.2. The van der Waals surface area contributed by atoms with Gasteiger partial charge >= 0.3 is 0 Å². The van der Waals surface area contributed by atoms with Gasteiger partial charge in [0.2, 0.25) is 0 Å². The van der Waals surface area contributed by atoms with Gasteiger partial charge in [-0.05, 0) is 80.5 Å². The van der Waals surface area contributed by atoms with Crippen LogP contribution in [-0.4, -0.2) is 15.9 Å². The molecular formula is C36H46IrNO2-. The van der Waals surface area contributed by atoms with Gasteiger partial charge in [-0.25, -0.2) is 0 Å². The molecule has 3 nitrogen and oxygen atoms in total. The number of benzene rings is 2. The third-order valence-corrected chi connectivity index (χ3v) is 9.91. The zero-order valence-electron chi connectivity index (χ0n) is 25.1. The molecule has 4 heteroatoms. The van der Waals surface area contributed by atoms with Crippen LogP contribution in [0.4, 0.5) is 0 Å². The van der Waals surface area contributed by atoms with Crippen LogP contribution in [0.3, 0.4) is 0 Å². The number of carbonyl (C=O) groups is 1. The standard InChI is InChI=1S/C18H16N.C18H30O2.Ir/c1-13(2)15-9-6-10-18-16(15)11-12-17(19-18)14-7-4-3-5-8-14;1-5-17(6-2)11-9-13-10-12-18(7-3,8-4)16(20)14(13)15(17)19;/h3-7,9-13H,1-2H3;13,19H,5-12H2,1-4H3;/q-1;;. The van der Waals surface area contributed by atoms with Gasteiger partial charge in [-0.3, -0.25) is 9.78 Å². The van der Waals surface area contributed by atoms with Gasteiger partial charge in [0.25, 0.3) is 0 Å². The van der Waals surface area contributed by atoms with E-state index >= 15 is 0 Å². The first kappa shape index (κ1) is 32.2. The van der Waals surface area contributed by atoms with Gasteiger partial charge in [0.1, 0.15) is 5.76 Å². The SMILES string of the molecule is CC(C)c1cccc2nc(-c3[c-]cccc3)ccc12.CCC1(CC)CCC2CCC(CC)(CC)C(O)=C2C1=O.[Ir]. The number of hydrogen-bond acceptors (Lipinski definition) is 3. The molecule has 0 aliphatic heterocycles.